The largest absolute Gasteiger partial charge is 0.508 e. The van der Waals surface area contributed by atoms with Gasteiger partial charge in [0.1, 0.15) is 58.4 Å². The molecule has 0 bridgehead atoms. The van der Waals surface area contributed by atoms with Gasteiger partial charge in [0.2, 0.25) is 0 Å². The molecule has 1 aromatic heterocycles. The van der Waals surface area contributed by atoms with Crippen LogP contribution in [0.1, 0.15) is 18.6 Å². The highest BCUT2D eigenvalue weighted by Crippen LogP contribution is 2.44. The van der Waals surface area contributed by atoms with E-state index in [2.05, 4.69) is 0 Å². The van der Waals surface area contributed by atoms with Gasteiger partial charge in [-0.2, -0.15) is 0 Å². The van der Waals surface area contributed by atoms with Gasteiger partial charge in [0.15, 0.2) is 5.43 Å². The molecule has 9 heteroatoms. The molecule has 30 heavy (non-hydrogen) atoms. The van der Waals surface area contributed by atoms with Crippen molar-refractivity contribution in [3.05, 3.63) is 52.2 Å². The SMILES string of the molecule is CC1OC(c2c(O)cc3oc(-c4ccc(O)cc4)cc(=O)c3c2O)C(O)C(O)C1O. The molecule has 158 valence electrons. The molecule has 1 saturated heterocycles. The van der Waals surface area contributed by atoms with Crippen LogP contribution < -0.4 is 5.43 Å². The fourth-order valence-corrected chi connectivity index (χ4v) is 3.64. The Balaban J connectivity index is 1.86. The Morgan fingerprint density at radius 2 is 1.57 bits per heavy atom. The number of hydrogen-bond donors (Lipinski definition) is 6. The minimum absolute atomic E-state index is 0.0365. The van der Waals surface area contributed by atoms with Crippen LogP contribution >= 0.6 is 0 Å². The van der Waals surface area contributed by atoms with Crippen molar-refractivity contribution in [2.24, 2.45) is 0 Å². The van der Waals surface area contributed by atoms with E-state index in [1.165, 1.54) is 31.2 Å². The van der Waals surface area contributed by atoms with Crippen molar-refractivity contribution in [2.45, 2.75) is 37.4 Å². The van der Waals surface area contributed by atoms with Crippen molar-refractivity contribution in [1.29, 1.82) is 0 Å². The number of ether oxygens (including phenoxy) is 1. The van der Waals surface area contributed by atoms with Gasteiger partial charge in [0.05, 0.1) is 11.7 Å². The molecular weight excluding hydrogens is 396 g/mol. The van der Waals surface area contributed by atoms with Gasteiger partial charge in [-0.3, -0.25) is 4.79 Å². The van der Waals surface area contributed by atoms with Crippen LogP contribution in [0.5, 0.6) is 17.2 Å². The second-order valence-electron chi connectivity index (χ2n) is 7.29. The van der Waals surface area contributed by atoms with Gasteiger partial charge in [-0.05, 0) is 31.2 Å². The summed E-state index contributed by atoms with van der Waals surface area (Å²) in [6, 6.07) is 8.16. The molecule has 1 fully saturated rings. The number of aliphatic hydroxyl groups is 3. The third-order valence-corrected chi connectivity index (χ3v) is 5.30. The first-order valence-electron chi connectivity index (χ1n) is 9.20. The van der Waals surface area contributed by atoms with Gasteiger partial charge < -0.3 is 39.8 Å². The summed E-state index contributed by atoms with van der Waals surface area (Å²) in [5.41, 5.74) is -0.524. The van der Waals surface area contributed by atoms with E-state index in [9.17, 15) is 35.4 Å². The summed E-state index contributed by atoms with van der Waals surface area (Å²) in [7, 11) is 0. The molecule has 0 amide bonds. The third-order valence-electron chi connectivity index (χ3n) is 5.30. The number of hydrogen-bond acceptors (Lipinski definition) is 9. The van der Waals surface area contributed by atoms with Crippen LogP contribution in [0.2, 0.25) is 0 Å². The lowest BCUT2D eigenvalue weighted by atomic mass is 9.90. The number of aliphatic hydroxyl groups excluding tert-OH is 3. The van der Waals surface area contributed by atoms with Crippen molar-refractivity contribution in [3.8, 4) is 28.6 Å². The second-order valence-corrected chi connectivity index (χ2v) is 7.29. The van der Waals surface area contributed by atoms with Crippen LogP contribution in [0.25, 0.3) is 22.3 Å². The van der Waals surface area contributed by atoms with E-state index in [1.807, 2.05) is 0 Å². The van der Waals surface area contributed by atoms with E-state index < -0.39 is 47.4 Å². The molecule has 0 radical (unpaired) electrons. The van der Waals surface area contributed by atoms with E-state index in [4.69, 9.17) is 9.15 Å². The summed E-state index contributed by atoms with van der Waals surface area (Å²) in [5.74, 6) is -0.990. The van der Waals surface area contributed by atoms with Crippen LogP contribution in [0.15, 0.2) is 45.6 Å². The van der Waals surface area contributed by atoms with Crippen LogP contribution in [0, 0.1) is 0 Å². The first-order valence-corrected chi connectivity index (χ1v) is 9.20. The van der Waals surface area contributed by atoms with E-state index in [1.54, 1.807) is 0 Å². The topological polar surface area (TPSA) is 161 Å². The maximum Gasteiger partial charge on any atom is 0.197 e. The quantitative estimate of drug-likeness (QED) is 0.360. The van der Waals surface area contributed by atoms with E-state index in [0.717, 1.165) is 12.1 Å². The summed E-state index contributed by atoms with van der Waals surface area (Å²) in [5, 5.41) is 60.6. The van der Waals surface area contributed by atoms with Gasteiger partial charge >= 0.3 is 0 Å². The zero-order valence-electron chi connectivity index (χ0n) is 15.8. The standard InChI is InChI=1S/C21H20O9/c1-8-17(25)19(27)20(28)21(29-8)16-12(24)7-14-15(18(16)26)11(23)6-13(30-14)9-2-4-10(22)5-3-9/h2-8,17,19-22,24-28H,1H3. The molecule has 6 N–H and O–H groups in total. The van der Waals surface area contributed by atoms with Crippen LogP contribution in [0.3, 0.4) is 0 Å². The zero-order chi connectivity index (χ0) is 21.7. The van der Waals surface area contributed by atoms with Crippen molar-refractivity contribution in [3.63, 3.8) is 0 Å². The summed E-state index contributed by atoms with van der Waals surface area (Å²) in [6.07, 6.45) is -6.90. The zero-order valence-corrected chi connectivity index (χ0v) is 15.8. The molecule has 4 rings (SSSR count). The molecule has 5 unspecified atom stereocenters. The third kappa shape index (κ3) is 3.17. The molecule has 2 aromatic carbocycles. The molecule has 0 saturated carbocycles. The van der Waals surface area contributed by atoms with E-state index in [-0.39, 0.29) is 28.0 Å². The predicted octanol–water partition coefficient (Wildman–Crippen LogP) is 1.12. The fourth-order valence-electron chi connectivity index (χ4n) is 3.64. The lowest BCUT2D eigenvalue weighted by Gasteiger charge is -2.39. The average molecular weight is 416 g/mol. The van der Waals surface area contributed by atoms with Gasteiger partial charge in [0, 0.05) is 17.7 Å². The lowest BCUT2D eigenvalue weighted by molar-refractivity contribution is -0.220. The Morgan fingerprint density at radius 3 is 2.23 bits per heavy atom. The van der Waals surface area contributed by atoms with Crippen molar-refractivity contribution in [1.82, 2.24) is 0 Å². The molecule has 1 aliphatic rings. The van der Waals surface area contributed by atoms with E-state index >= 15 is 0 Å². The van der Waals surface area contributed by atoms with E-state index in [0.29, 0.717) is 5.56 Å². The highest BCUT2D eigenvalue weighted by atomic mass is 16.5. The number of rotatable bonds is 2. The molecule has 2 heterocycles. The summed E-state index contributed by atoms with van der Waals surface area (Å²) in [4.78, 5) is 12.7. The minimum atomic E-state index is -1.66. The molecular formula is C21H20O9. The maximum absolute atomic E-state index is 12.7. The van der Waals surface area contributed by atoms with Gasteiger partial charge in [-0.15, -0.1) is 0 Å². The molecule has 0 aliphatic carbocycles. The second kappa shape index (κ2) is 7.29. The predicted molar refractivity (Wildman–Crippen MR) is 104 cm³/mol. The van der Waals surface area contributed by atoms with Gasteiger partial charge in [-0.25, -0.2) is 0 Å². The van der Waals surface area contributed by atoms with Crippen LogP contribution in [0.4, 0.5) is 0 Å². The van der Waals surface area contributed by atoms with Crippen molar-refractivity contribution >= 4 is 11.0 Å². The number of fused-ring (bicyclic) bond motifs is 1. The summed E-state index contributed by atoms with van der Waals surface area (Å²) < 4.78 is 11.1. The Bertz CT molecular complexity index is 1150. The summed E-state index contributed by atoms with van der Waals surface area (Å²) >= 11 is 0. The number of phenolic OH excluding ortho intramolecular Hbond substituents is 3. The van der Waals surface area contributed by atoms with Gasteiger partial charge in [-0.1, -0.05) is 0 Å². The summed E-state index contributed by atoms with van der Waals surface area (Å²) in [6.45, 7) is 1.46. The number of phenols is 3. The Kier molecular flexibility index (Phi) is 4.91. The fraction of sp³-hybridized carbons (Fsp3) is 0.286. The van der Waals surface area contributed by atoms with Crippen LogP contribution in [-0.2, 0) is 4.74 Å². The first-order chi connectivity index (χ1) is 14.2. The average Bonchev–Trinajstić information content (AvgIpc) is 2.70. The Labute approximate surface area is 169 Å². The Morgan fingerprint density at radius 1 is 0.900 bits per heavy atom. The molecule has 0 spiro atoms. The maximum atomic E-state index is 12.7. The lowest BCUT2D eigenvalue weighted by Crippen LogP contribution is -2.53. The van der Waals surface area contributed by atoms with Crippen molar-refractivity contribution in [2.75, 3.05) is 0 Å². The number of benzene rings is 2. The highest BCUT2D eigenvalue weighted by Gasteiger charge is 2.44. The van der Waals surface area contributed by atoms with Crippen LogP contribution in [-0.4, -0.2) is 55.1 Å². The molecule has 5 atom stereocenters. The normalized spacial score (nSPS) is 26.7. The monoisotopic (exact) mass is 416 g/mol. The molecule has 3 aromatic rings. The smallest absolute Gasteiger partial charge is 0.197 e. The number of aromatic hydroxyl groups is 3. The minimum Gasteiger partial charge on any atom is -0.508 e. The van der Waals surface area contributed by atoms with Gasteiger partial charge in [0.25, 0.3) is 0 Å². The molecule has 1 aliphatic heterocycles. The first kappa shape index (κ1) is 20.2. The highest BCUT2D eigenvalue weighted by molar-refractivity contribution is 5.88. The molecule has 9 nitrogen and oxygen atoms in total. The Hall–Kier alpha value is -3.11. The van der Waals surface area contributed by atoms with Crippen molar-refractivity contribution < 1.29 is 39.8 Å².